The van der Waals surface area contributed by atoms with Gasteiger partial charge in [-0.15, -0.1) is 0 Å². The predicted octanol–water partition coefficient (Wildman–Crippen LogP) is 5.09. The first-order chi connectivity index (χ1) is 14.1. The summed E-state index contributed by atoms with van der Waals surface area (Å²) < 4.78 is 6.34. The zero-order chi connectivity index (χ0) is 19.5. The van der Waals surface area contributed by atoms with E-state index in [-0.39, 0.29) is 17.0 Å². The van der Waals surface area contributed by atoms with Crippen LogP contribution in [0.4, 0.5) is 0 Å². The highest BCUT2D eigenvalue weighted by atomic mass is 16.6. The van der Waals surface area contributed by atoms with E-state index in [1.165, 1.54) is 50.5 Å². The maximum Gasteiger partial charge on any atom is 0.306 e. The Bertz CT molecular complexity index is 824. The van der Waals surface area contributed by atoms with E-state index in [9.17, 15) is 9.59 Å². The summed E-state index contributed by atoms with van der Waals surface area (Å²) in [6, 6.07) is 0. The molecule has 0 radical (unpaired) electrons. The van der Waals surface area contributed by atoms with Gasteiger partial charge < -0.3 is 4.74 Å². The summed E-state index contributed by atoms with van der Waals surface area (Å²) in [5.74, 6) is 6.65. The van der Waals surface area contributed by atoms with E-state index in [1.807, 2.05) is 0 Å². The van der Waals surface area contributed by atoms with Gasteiger partial charge in [0, 0.05) is 24.2 Å². The summed E-state index contributed by atoms with van der Waals surface area (Å²) in [7, 11) is 0. The molecule has 0 amide bonds. The topological polar surface area (TPSA) is 43.4 Å². The second-order valence-electron chi connectivity index (χ2n) is 11.7. The lowest BCUT2D eigenvalue weighted by Gasteiger charge is -2.60. The van der Waals surface area contributed by atoms with Crippen molar-refractivity contribution in [2.24, 2.45) is 52.8 Å². The SMILES string of the molecule is CCC12CCC3C4CCC(=O)C=C4CC(C4CC4)C3C1[C@H]1CC1[C@@]21CCC(=O)O1. The molecule has 9 atom stereocenters. The highest BCUT2D eigenvalue weighted by Crippen LogP contribution is 2.80. The molecule has 3 nitrogen and oxygen atoms in total. The van der Waals surface area contributed by atoms with E-state index in [2.05, 4.69) is 13.0 Å². The Balaban J connectivity index is 1.33. The molecule has 1 saturated heterocycles. The Morgan fingerprint density at radius 2 is 1.90 bits per heavy atom. The number of carbonyl (C=O) groups is 2. The smallest absolute Gasteiger partial charge is 0.306 e. The number of allylic oxidation sites excluding steroid dienone is 1. The van der Waals surface area contributed by atoms with Crippen LogP contribution in [0.15, 0.2) is 11.6 Å². The highest BCUT2D eigenvalue weighted by molar-refractivity contribution is 5.91. The summed E-state index contributed by atoms with van der Waals surface area (Å²) in [5, 5.41) is 0. The normalized spacial score (nSPS) is 54.9. The molecule has 7 unspecified atom stereocenters. The number of ether oxygens (including phenoxy) is 1. The average molecular weight is 395 g/mol. The Morgan fingerprint density at radius 1 is 1.03 bits per heavy atom. The predicted molar refractivity (Wildman–Crippen MR) is 109 cm³/mol. The first kappa shape index (κ1) is 17.5. The Labute approximate surface area is 174 Å². The van der Waals surface area contributed by atoms with Crippen molar-refractivity contribution in [3.8, 4) is 0 Å². The van der Waals surface area contributed by atoms with Crippen molar-refractivity contribution in [1.29, 1.82) is 0 Å². The van der Waals surface area contributed by atoms with Gasteiger partial charge in [-0.05, 0) is 105 Å². The van der Waals surface area contributed by atoms with Gasteiger partial charge in [0.05, 0.1) is 0 Å². The summed E-state index contributed by atoms with van der Waals surface area (Å²) in [4.78, 5) is 24.5. The number of ketones is 1. The molecular weight excluding hydrogens is 360 g/mol. The fourth-order valence-electron chi connectivity index (χ4n) is 10.1. The molecule has 1 aliphatic heterocycles. The first-order valence-corrected chi connectivity index (χ1v) is 12.5. The van der Waals surface area contributed by atoms with E-state index in [1.54, 1.807) is 0 Å². The van der Waals surface area contributed by atoms with Crippen LogP contribution in [0.1, 0.15) is 77.6 Å². The fraction of sp³-hybridized carbons (Fsp3) is 0.846. The number of hydrogen-bond acceptors (Lipinski definition) is 3. The lowest BCUT2D eigenvalue weighted by Crippen LogP contribution is -2.58. The second kappa shape index (κ2) is 5.56. The highest BCUT2D eigenvalue weighted by Gasteiger charge is 2.80. The van der Waals surface area contributed by atoms with Crippen molar-refractivity contribution >= 4 is 11.8 Å². The molecule has 6 fully saturated rings. The standard InChI is InChI=1S/C26H34O3/c1-2-25-9-7-18-17-6-5-16(27)11-15(17)12-19(14-3-4-14)23(18)24(25)20-13-21(20)26(25)10-8-22(28)29-26/h11,14,17-21,23-24H,2-10,12-13H2,1H3/t17?,18?,19?,20-,21?,23?,24?,25?,26-/m0/s1. The molecular formula is C26H34O3. The minimum Gasteiger partial charge on any atom is -0.458 e. The minimum atomic E-state index is -0.119. The number of carbonyl (C=O) groups excluding carboxylic acids is 2. The summed E-state index contributed by atoms with van der Waals surface area (Å²) in [6.45, 7) is 2.39. The Morgan fingerprint density at radius 3 is 2.62 bits per heavy atom. The molecule has 0 bridgehead atoms. The third kappa shape index (κ3) is 2.06. The number of hydrogen-bond donors (Lipinski definition) is 0. The number of esters is 1. The van der Waals surface area contributed by atoms with Crippen LogP contribution in [0.2, 0.25) is 0 Å². The molecule has 0 aromatic heterocycles. The third-order valence-electron chi connectivity index (χ3n) is 11.1. The van der Waals surface area contributed by atoms with Crippen molar-refractivity contribution in [1.82, 2.24) is 0 Å². The van der Waals surface area contributed by atoms with E-state index in [4.69, 9.17) is 4.74 Å². The van der Waals surface area contributed by atoms with Crippen LogP contribution in [0, 0.1) is 52.8 Å². The lowest BCUT2D eigenvalue weighted by molar-refractivity contribution is -0.183. The molecule has 29 heavy (non-hydrogen) atoms. The van der Waals surface area contributed by atoms with Gasteiger partial charge in [-0.25, -0.2) is 0 Å². The van der Waals surface area contributed by atoms with Crippen LogP contribution in [0.25, 0.3) is 0 Å². The van der Waals surface area contributed by atoms with Crippen molar-refractivity contribution < 1.29 is 14.3 Å². The maximum atomic E-state index is 12.3. The monoisotopic (exact) mass is 394 g/mol. The Kier molecular flexibility index (Phi) is 3.37. The van der Waals surface area contributed by atoms with Crippen LogP contribution >= 0.6 is 0 Å². The molecule has 1 heterocycles. The molecule has 7 rings (SSSR count). The van der Waals surface area contributed by atoms with Crippen molar-refractivity contribution in [2.45, 2.75) is 83.2 Å². The molecule has 0 N–H and O–H groups in total. The van der Waals surface area contributed by atoms with Gasteiger partial charge in [-0.1, -0.05) is 12.5 Å². The third-order valence-corrected chi connectivity index (χ3v) is 11.1. The van der Waals surface area contributed by atoms with E-state index in [0.717, 1.165) is 54.8 Å². The van der Waals surface area contributed by atoms with Crippen molar-refractivity contribution in [3.63, 3.8) is 0 Å². The quantitative estimate of drug-likeness (QED) is 0.613. The zero-order valence-corrected chi connectivity index (χ0v) is 17.7. The van der Waals surface area contributed by atoms with Crippen LogP contribution in [-0.2, 0) is 14.3 Å². The summed E-state index contributed by atoms with van der Waals surface area (Å²) in [6.07, 6.45) is 14.6. The van der Waals surface area contributed by atoms with E-state index in [0.29, 0.717) is 24.0 Å². The second-order valence-corrected chi connectivity index (χ2v) is 11.7. The molecule has 0 aromatic rings. The van der Waals surface area contributed by atoms with Crippen LogP contribution in [0.5, 0.6) is 0 Å². The maximum absolute atomic E-state index is 12.3. The van der Waals surface area contributed by atoms with Gasteiger partial charge in [0.15, 0.2) is 5.78 Å². The van der Waals surface area contributed by atoms with Gasteiger partial charge in [-0.3, -0.25) is 9.59 Å². The minimum absolute atomic E-state index is 0.0737. The molecule has 6 aliphatic carbocycles. The molecule has 156 valence electrons. The van der Waals surface area contributed by atoms with E-state index < -0.39 is 0 Å². The molecule has 7 aliphatic rings. The summed E-state index contributed by atoms with van der Waals surface area (Å²) in [5.41, 5.74) is 1.65. The zero-order valence-electron chi connectivity index (χ0n) is 17.7. The Hall–Kier alpha value is -1.12. The van der Waals surface area contributed by atoms with Gasteiger partial charge in [-0.2, -0.15) is 0 Å². The number of fused-ring (bicyclic) bond motifs is 9. The van der Waals surface area contributed by atoms with Crippen molar-refractivity contribution in [2.75, 3.05) is 0 Å². The van der Waals surface area contributed by atoms with Gasteiger partial charge in [0.25, 0.3) is 0 Å². The average Bonchev–Trinajstić information content (AvgIpc) is 3.64. The number of rotatable bonds is 2. The first-order valence-electron chi connectivity index (χ1n) is 12.5. The van der Waals surface area contributed by atoms with Gasteiger partial charge in [0.2, 0.25) is 0 Å². The molecule has 3 heteroatoms. The van der Waals surface area contributed by atoms with Gasteiger partial charge >= 0.3 is 5.97 Å². The molecule has 0 aromatic carbocycles. The summed E-state index contributed by atoms with van der Waals surface area (Å²) >= 11 is 0. The largest absolute Gasteiger partial charge is 0.458 e. The van der Waals surface area contributed by atoms with Crippen molar-refractivity contribution in [3.05, 3.63) is 11.6 Å². The molecule has 1 spiro atoms. The van der Waals surface area contributed by atoms with Crippen LogP contribution in [0.3, 0.4) is 0 Å². The van der Waals surface area contributed by atoms with Crippen LogP contribution in [-0.4, -0.2) is 17.4 Å². The lowest BCUT2D eigenvalue weighted by atomic mass is 9.45. The molecule has 5 saturated carbocycles. The van der Waals surface area contributed by atoms with Gasteiger partial charge in [0.1, 0.15) is 5.60 Å². The fourth-order valence-corrected chi connectivity index (χ4v) is 10.1. The van der Waals surface area contributed by atoms with Crippen LogP contribution < -0.4 is 0 Å². The van der Waals surface area contributed by atoms with E-state index >= 15 is 0 Å².